The summed E-state index contributed by atoms with van der Waals surface area (Å²) >= 11 is 0. The van der Waals surface area contributed by atoms with E-state index in [9.17, 15) is 18.7 Å². The van der Waals surface area contributed by atoms with E-state index in [1.54, 1.807) is 48.4 Å². The maximum Gasteiger partial charge on any atom is 0.410 e. The van der Waals surface area contributed by atoms with Crippen molar-refractivity contribution in [2.45, 2.75) is 64.8 Å². The number of alkyl halides is 2. The summed E-state index contributed by atoms with van der Waals surface area (Å²) in [5.74, 6) is 0.132. The number of aromatic nitrogens is 5. The van der Waals surface area contributed by atoms with Crippen LogP contribution in [0, 0.1) is 6.92 Å². The van der Waals surface area contributed by atoms with Crippen molar-refractivity contribution in [3.05, 3.63) is 17.5 Å². The lowest BCUT2D eigenvalue weighted by Gasteiger charge is -2.43. The van der Waals surface area contributed by atoms with Gasteiger partial charge in [-0.15, -0.1) is 5.10 Å². The SMILES string of the molecule is Cc1c(-c2cn(C3CN(C(=O)OC(C)(C)C)C3)nn2)nc(N2C[C@@H](O)[C@@H]2C)nc1C(F)F. The molecule has 0 radical (unpaired) electrons. The fourth-order valence-corrected chi connectivity index (χ4v) is 3.63. The smallest absolute Gasteiger partial charge is 0.410 e. The van der Waals surface area contributed by atoms with Gasteiger partial charge in [0.1, 0.15) is 22.7 Å². The van der Waals surface area contributed by atoms with Crippen LogP contribution in [-0.4, -0.2) is 78.4 Å². The summed E-state index contributed by atoms with van der Waals surface area (Å²) in [6, 6.07) is -0.355. The average molecular weight is 451 g/mol. The Labute approximate surface area is 184 Å². The minimum atomic E-state index is -2.78. The van der Waals surface area contributed by atoms with Crippen molar-refractivity contribution in [1.29, 1.82) is 0 Å². The van der Waals surface area contributed by atoms with E-state index in [4.69, 9.17) is 4.74 Å². The minimum Gasteiger partial charge on any atom is -0.444 e. The van der Waals surface area contributed by atoms with Gasteiger partial charge in [0.2, 0.25) is 5.95 Å². The Balaban J connectivity index is 1.54. The van der Waals surface area contributed by atoms with Crippen LogP contribution >= 0.6 is 0 Å². The zero-order valence-electron chi connectivity index (χ0n) is 18.7. The normalized spacial score (nSPS) is 21.5. The van der Waals surface area contributed by atoms with Gasteiger partial charge in [0.25, 0.3) is 6.43 Å². The molecule has 0 saturated carbocycles. The standard InChI is InChI=1S/C20H27F2N7O3/c1-10-15(23-18(24-16(10)17(21)22)28-9-14(30)11(28)2)13-8-29(26-25-13)12-6-27(7-12)19(31)32-20(3,4)5/h8,11-12,14,17,30H,6-7,9H2,1-5H3/t11-,14+/m0/s1. The molecule has 0 bridgehead atoms. The maximum absolute atomic E-state index is 13.6. The highest BCUT2D eigenvalue weighted by Crippen LogP contribution is 2.33. The minimum absolute atomic E-state index is 0.0921. The summed E-state index contributed by atoms with van der Waals surface area (Å²) in [7, 11) is 0. The highest BCUT2D eigenvalue weighted by Gasteiger charge is 2.38. The van der Waals surface area contributed by atoms with Crippen molar-refractivity contribution in [2.24, 2.45) is 0 Å². The van der Waals surface area contributed by atoms with Crippen molar-refractivity contribution in [1.82, 2.24) is 29.9 Å². The van der Waals surface area contributed by atoms with Gasteiger partial charge in [-0.2, -0.15) is 0 Å². The third-order valence-corrected chi connectivity index (χ3v) is 5.71. The molecule has 174 valence electrons. The van der Waals surface area contributed by atoms with Gasteiger partial charge >= 0.3 is 6.09 Å². The van der Waals surface area contributed by atoms with Crippen molar-refractivity contribution >= 4 is 12.0 Å². The van der Waals surface area contributed by atoms with Crippen LogP contribution in [0.5, 0.6) is 0 Å². The van der Waals surface area contributed by atoms with E-state index >= 15 is 0 Å². The van der Waals surface area contributed by atoms with Crippen LogP contribution in [0.4, 0.5) is 19.5 Å². The Morgan fingerprint density at radius 1 is 1.25 bits per heavy atom. The van der Waals surface area contributed by atoms with E-state index in [-0.39, 0.29) is 41.5 Å². The molecule has 2 aromatic rings. The Hall–Kier alpha value is -2.89. The monoisotopic (exact) mass is 451 g/mol. The Morgan fingerprint density at radius 2 is 1.94 bits per heavy atom. The molecule has 2 aromatic heterocycles. The Kier molecular flexibility index (Phi) is 5.51. The number of anilines is 1. The number of carbonyl (C=O) groups is 1. The molecule has 12 heteroatoms. The van der Waals surface area contributed by atoms with E-state index in [1.165, 1.54) is 6.92 Å². The van der Waals surface area contributed by atoms with Crippen LogP contribution in [0.2, 0.25) is 0 Å². The summed E-state index contributed by atoms with van der Waals surface area (Å²) in [4.78, 5) is 23.9. The van der Waals surface area contributed by atoms with Crippen LogP contribution < -0.4 is 4.90 Å². The predicted octanol–water partition coefficient (Wildman–Crippen LogP) is 2.34. The van der Waals surface area contributed by atoms with Gasteiger partial charge in [-0.25, -0.2) is 28.2 Å². The van der Waals surface area contributed by atoms with E-state index in [0.717, 1.165) is 0 Å². The molecule has 2 fully saturated rings. The number of hydrogen-bond donors (Lipinski definition) is 1. The summed E-state index contributed by atoms with van der Waals surface area (Å²) in [6.07, 6.45) is -2.08. The van der Waals surface area contributed by atoms with Gasteiger partial charge in [0.15, 0.2) is 0 Å². The average Bonchev–Trinajstić information content (AvgIpc) is 3.12. The summed E-state index contributed by atoms with van der Waals surface area (Å²) in [5, 5.41) is 18.0. The number of carbonyl (C=O) groups excluding carboxylic acids is 1. The number of nitrogens with zero attached hydrogens (tertiary/aromatic N) is 7. The number of likely N-dealkylation sites (tertiary alicyclic amines) is 1. The zero-order chi connectivity index (χ0) is 23.4. The molecule has 2 atom stereocenters. The van der Waals surface area contributed by atoms with Gasteiger partial charge in [0, 0.05) is 25.2 Å². The zero-order valence-corrected chi connectivity index (χ0v) is 18.7. The number of amides is 1. The molecule has 32 heavy (non-hydrogen) atoms. The number of ether oxygens (including phenoxy) is 1. The molecule has 0 aromatic carbocycles. The molecule has 10 nitrogen and oxygen atoms in total. The molecule has 0 aliphatic carbocycles. The number of aliphatic hydroxyl groups is 1. The van der Waals surface area contributed by atoms with Gasteiger partial charge < -0.3 is 19.6 Å². The lowest BCUT2D eigenvalue weighted by molar-refractivity contribution is -0.000616. The lowest BCUT2D eigenvalue weighted by atomic mass is 10.0. The summed E-state index contributed by atoms with van der Waals surface area (Å²) in [6.45, 7) is 9.83. The summed E-state index contributed by atoms with van der Waals surface area (Å²) in [5.41, 5.74) is -0.0931. The molecule has 4 heterocycles. The molecule has 2 saturated heterocycles. The fourth-order valence-electron chi connectivity index (χ4n) is 3.63. The maximum atomic E-state index is 13.6. The first kappa shape index (κ1) is 22.3. The molecular formula is C20H27F2N7O3. The highest BCUT2D eigenvalue weighted by molar-refractivity contribution is 5.69. The second-order valence-corrected chi connectivity index (χ2v) is 9.27. The van der Waals surface area contributed by atoms with Crippen molar-refractivity contribution < 1.29 is 23.4 Å². The largest absolute Gasteiger partial charge is 0.444 e. The van der Waals surface area contributed by atoms with Gasteiger partial charge in [-0.05, 0) is 34.6 Å². The molecular weight excluding hydrogens is 424 g/mol. The van der Waals surface area contributed by atoms with Gasteiger partial charge in [-0.1, -0.05) is 5.21 Å². The number of aliphatic hydroxyl groups excluding tert-OH is 1. The molecule has 2 aliphatic rings. The van der Waals surface area contributed by atoms with Crippen molar-refractivity contribution in [2.75, 3.05) is 24.5 Å². The van der Waals surface area contributed by atoms with Crippen LogP contribution in [0.15, 0.2) is 6.20 Å². The van der Waals surface area contributed by atoms with Gasteiger partial charge in [0.05, 0.1) is 24.4 Å². The molecule has 1 N–H and O–H groups in total. The van der Waals surface area contributed by atoms with Crippen molar-refractivity contribution in [3.63, 3.8) is 0 Å². The molecule has 2 aliphatic heterocycles. The first-order chi connectivity index (χ1) is 14.9. The molecule has 0 unspecified atom stereocenters. The van der Waals surface area contributed by atoms with Gasteiger partial charge in [-0.3, -0.25) is 0 Å². The molecule has 0 spiro atoms. The highest BCUT2D eigenvalue weighted by atomic mass is 19.3. The first-order valence-corrected chi connectivity index (χ1v) is 10.5. The van der Waals surface area contributed by atoms with Crippen LogP contribution in [0.25, 0.3) is 11.4 Å². The second-order valence-electron chi connectivity index (χ2n) is 9.27. The molecule has 1 amide bonds. The number of halogens is 2. The summed E-state index contributed by atoms with van der Waals surface area (Å²) < 4.78 is 34.3. The van der Waals surface area contributed by atoms with E-state index in [1.807, 2.05) is 0 Å². The van der Waals surface area contributed by atoms with E-state index in [2.05, 4.69) is 20.3 Å². The van der Waals surface area contributed by atoms with E-state index in [0.29, 0.717) is 18.8 Å². The first-order valence-electron chi connectivity index (χ1n) is 10.5. The van der Waals surface area contributed by atoms with Crippen LogP contribution in [-0.2, 0) is 4.74 Å². The molecule has 4 rings (SSSR count). The third kappa shape index (κ3) is 4.10. The Morgan fingerprint density at radius 3 is 2.50 bits per heavy atom. The lowest BCUT2D eigenvalue weighted by Crippen LogP contribution is -2.59. The predicted molar refractivity (Wildman–Crippen MR) is 110 cm³/mol. The fraction of sp³-hybridized carbons (Fsp3) is 0.650. The number of β-amino-alcohol motifs (C(OH)–C–C–N with tert-alkyl or cyclic N) is 1. The second kappa shape index (κ2) is 7.91. The van der Waals surface area contributed by atoms with Crippen molar-refractivity contribution in [3.8, 4) is 11.4 Å². The number of hydrogen-bond acceptors (Lipinski definition) is 8. The third-order valence-electron chi connectivity index (χ3n) is 5.71. The number of rotatable bonds is 4. The van der Waals surface area contributed by atoms with Crippen LogP contribution in [0.3, 0.4) is 0 Å². The van der Waals surface area contributed by atoms with E-state index < -0.39 is 24.2 Å². The Bertz CT molecular complexity index is 1020. The topological polar surface area (TPSA) is 110 Å². The quantitative estimate of drug-likeness (QED) is 0.755. The van der Waals surface area contributed by atoms with Crippen LogP contribution in [0.1, 0.15) is 51.4 Å².